The average Bonchev–Trinajstić information content (AvgIpc) is 3.34. The van der Waals surface area contributed by atoms with Gasteiger partial charge in [0.1, 0.15) is 0 Å². The Hall–Kier alpha value is -0.820. The van der Waals surface area contributed by atoms with E-state index < -0.39 is 0 Å². The maximum Gasteiger partial charge on any atom is 0.191 e. The van der Waals surface area contributed by atoms with Crippen LogP contribution in [0.25, 0.3) is 0 Å². The summed E-state index contributed by atoms with van der Waals surface area (Å²) in [6.07, 6.45) is 5.31. The van der Waals surface area contributed by atoms with Crippen LogP contribution in [0.4, 0.5) is 0 Å². The fourth-order valence-corrected chi connectivity index (χ4v) is 3.59. The van der Waals surface area contributed by atoms with Crippen molar-refractivity contribution in [2.75, 3.05) is 33.2 Å². The van der Waals surface area contributed by atoms with Crippen molar-refractivity contribution >= 4 is 29.9 Å². The summed E-state index contributed by atoms with van der Waals surface area (Å²) in [6, 6.07) is 9.25. The highest BCUT2D eigenvalue weighted by atomic mass is 127. The first-order valence-electron chi connectivity index (χ1n) is 9.03. The SMILES string of the molecule is CN=C(NCCN1CCCCC1)NC1CC1c1ccccc1C.I. The number of aryl methyl sites for hydroxylation is 1. The van der Waals surface area contributed by atoms with Crippen LogP contribution in [0.1, 0.15) is 42.7 Å². The lowest BCUT2D eigenvalue weighted by molar-refractivity contribution is 0.232. The van der Waals surface area contributed by atoms with Crippen molar-refractivity contribution in [3.8, 4) is 0 Å². The van der Waals surface area contributed by atoms with E-state index in [1.807, 2.05) is 7.05 Å². The summed E-state index contributed by atoms with van der Waals surface area (Å²) in [5.74, 6) is 1.58. The van der Waals surface area contributed by atoms with E-state index >= 15 is 0 Å². The summed E-state index contributed by atoms with van der Waals surface area (Å²) >= 11 is 0. The van der Waals surface area contributed by atoms with Crippen molar-refractivity contribution in [3.63, 3.8) is 0 Å². The molecule has 0 amide bonds. The van der Waals surface area contributed by atoms with E-state index in [0.717, 1.165) is 19.0 Å². The highest BCUT2D eigenvalue weighted by Crippen LogP contribution is 2.41. The van der Waals surface area contributed by atoms with Crippen LogP contribution in [-0.4, -0.2) is 50.1 Å². The van der Waals surface area contributed by atoms with Gasteiger partial charge in [-0.05, 0) is 50.4 Å². The van der Waals surface area contributed by atoms with Gasteiger partial charge < -0.3 is 15.5 Å². The third-order valence-electron chi connectivity index (χ3n) is 5.09. The summed E-state index contributed by atoms with van der Waals surface area (Å²) in [7, 11) is 1.86. The van der Waals surface area contributed by atoms with Gasteiger partial charge in [-0.15, -0.1) is 24.0 Å². The molecule has 2 unspecified atom stereocenters. The average molecular weight is 442 g/mol. The van der Waals surface area contributed by atoms with E-state index in [-0.39, 0.29) is 24.0 Å². The zero-order valence-corrected chi connectivity index (χ0v) is 17.3. The van der Waals surface area contributed by atoms with Crippen LogP contribution < -0.4 is 10.6 Å². The summed E-state index contributed by atoms with van der Waals surface area (Å²) < 4.78 is 0. The summed E-state index contributed by atoms with van der Waals surface area (Å²) in [4.78, 5) is 6.93. The first kappa shape index (κ1) is 19.5. The van der Waals surface area contributed by atoms with E-state index in [0.29, 0.717) is 12.0 Å². The molecule has 134 valence electrons. The van der Waals surface area contributed by atoms with Gasteiger partial charge in [0.2, 0.25) is 0 Å². The minimum atomic E-state index is 0. The summed E-state index contributed by atoms with van der Waals surface area (Å²) in [5.41, 5.74) is 2.88. The van der Waals surface area contributed by atoms with Gasteiger partial charge in [0, 0.05) is 32.1 Å². The molecule has 0 aromatic heterocycles. The van der Waals surface area contributed by atoms with Crippen LogP contribution in [0.3, 0.4) is 0 Å². The predicted octanol–water partition coefficient (Wildman–Crippen LogP) is 3.12. The Labute approximate surface area is 163 Å². The van der Waals surface area contributed by atoms with Crippen molar-refractivity contribution in [2.24, 2.45) is 4.99 Å². The van der Waals surface area contributed by atoms with Gasteiger partial charge in [0.15, 0.2) is 5.96 Å². The topological polar surface area (TPSA) is 39.7 Å². The number of benzene rings is 1. The highest BCUT2D eigenvalue weighted by molar-refractivity contribution is 14.0. The molecule has 2 aliphatic rings. The summed E-state index contributed by atoms with van der Waals surface area (Å²) in [5, 5.41) is 7.05. The Morgan fingerprint density at radius 1 is 1.21 bits per heavy atom. The molecule has 1 saturated carbocycles. The lowest BCUT2D eigenvalue weighted by atomic mass is 10.0. The van der Waals surface area contributed by atoms with Gasteiger partial charge in [-0.1, -0.05) is 30.7 Å². The molecule has 1 heterocycles. The molecule has 0 spiro atoms. The van der Waals surface area contributed by atoms with Crippen LogP contribution in [0, 0.1) is 6.92 Å². The quantitative estimate of drug-likeness (QED) is 0.418. The molecule has 2 N–H and O–H groups in total. The van der Waals surface area contributed by atoms with Gasteiger partial charge in [-0.3, -0.25) is 4.99 Å². The van der Waals surface area contributed by atoms with Crippen molar-refractivity contribution < 1.29 is 0 Å². The van der Waals surface area contributed by atoms with E-state index in [9.17, 15) is 0 Å². The van der Waals surface area contributed by atoms with Crippen molar-refractivity contribution in [3.05, 3.63) is 35.4 Å². The van der Waals surface area contributed by atoms with E-state index in [2.05, 4.69) is 51.7 Å². The number of guanidine groups is 1. The molecule has 5 heteroatoms. The number of piperidine rings is 1. The molecule has 0 radical (unpaired) electrons. The predicted molar refractivity (Wildman–Crippen MR) is 113 cm³/mol. The largest absolute Gasteiger partial charge is 0.355 e. The number of nitrogens with one attached hydrogen (secondary N) is 2. The van der Waals surface area contributed by atoms with Crippen LogP contribution in [0.2, 0.25) is 0 Å². The van der Waals surface area contributed by atoms with Gasteiger partial charge >= 0.3 is 0 Å². The molecular weight excluding hydrogens is 411 g/mol. The fourth-order valence-electron chi connectivity index (χ4n) is 3.59. The smallest absolute Gasteiger partial charge is 0.191 e. The molecule has 1 aliphatic carbocycles. The number of nitrogens with zero attached hydrogens (tertiary/aromatic N) is 2. The molecule has 1 aliphatic heterocycles. The van der Waals surface area contributed by atoms with Gasteiger partial charge in [0.25, 0.3) is 0 Å². The normalized spacial score (nSPS) is 24.2. The van der Waals surface area contributed by atoms with Crippen LogP contribution in [0.5, 0.6) is 0 Å². The van der Waals surface area contributed by atoms with Gasteiger partial charge in [-0.25, -0.2) is 0 Å². The first-order chi connectivity index (χ1) is 11.3. The van der Waals surface area contributed by atoms with Crippen LogP contribution in [-0.2, 0) is 0 Å². The van der Waals surface area contributed by atoms with E-state index in [1.165, 1.54) is 49.9 Å². The molecule has 0 bridgehead atoms. The lowest BCUT2D eigenvalue weighted by Gasteiger charge is -2.26. The van der Waals surface area contributed by atoms with Gasteiger partial charge in [-0.2, -0.15) is 0 Å². The zero-order valence-electron chi connectivity index (χ0n) is 14.9. The molecule has 4 nitrogen and oxygen atoms in total. The third-order valence-corrected chi connectivity index (χ3v) is 5.09. The number of rotatable bonds is 5. The fraction of sp³-hybridized carbons (Fsp3) is 0.632. The molecule has 24 heavy (non-hydrogen) atoms. The van der Waals surface area contributed by atoms with E-state index in [1.54, 1.807) is 0 Å². The van der Waals surface area contributed by atoms with Crippen molar-refractivity contribution in [1.29, 1.82) is 0 Å². The third kappa shape index (κ3) is 5.34. The minimum absolute atomic E-state index is 0. The first-order valence-corrected chi connectivity index (χ1v) is 9.03. The molecule has 1 aromatic carbocycles. The molecule has 3 rings (SSSR count). The van der Waals surface area contributed by atoms with E-state index in [4.69, 9.17) is 0 Å². The number of halogens is 1. The maximum atomic E-state index is 4.38. The molecule has 1 aromatic rings. The van der Waals surface area contributed by atoms with Gasteiger partial charge in [0.05, 0.1) is 0 Å². The van der Waals surface area contributed by atoms with Crippen molar-refractivity contribution in [1.82, 2.24) is 15.5 Å². The Kier molecular flexibility index (Phi) is 7.81. The number of aliphatic imine (C=N–C) groups is 1. The Morgan fingerprint density at radius 2 is 1.96 bits per heavy atom. The second kappa shape index (κ2) is 9.61. The number of hydrogen-bond donors (Lipinski definition) is 2. The standard InChI is InChI=1S/C19H30N4.HI/c1-15-8-4-5-9-16(15)17-14-18(17)22-19(20-2)21-10-13-23-11-6-3-7-12-23;/h4-5,8-9,17-18H,3,6-7,10-14H2,1-2H3,(H2,20,21,22);1H. The van der Waals surface area contributed by atoms with Crippen LogP contribution in [0.15, 0.2) is 29.3 Å². The number of hydrogen-bond acceptors (Lipinski definition) is 2. The Bertz CT molecular complexity index is 540. The highest BCUT2D eigenvalue weighted by Gasteiger charge is 2.39. The maximum absolute atomic E-state index is 4.38. The zero-order chi connectivity index (χ0) is 16.1. The minimum Gasteiger partial charge on any atom is -0.355 e. The molecular formula is C19H31IN4. The van der Waals surface area contributed by atoms with Crippen molar-refractivity contribution in [2.45, 2.75) is 44.6 Å². The lowest BCUT2D eigenvalue weighted by Crippen LogP contribution is -2.43. The van der Waals surface area contributed by atoms with Crippen LogP contribution >= 0.6 is 24.0 Å². The molecule has 2 fully saturated rings. The Balaban J connectivity index is 0.00000208. The monoisotopic (exact) mass is 442 g/mol. The second-order valence-corrected chi connectivity index (χ2v) is 6.85. The second-order valence-electron chi connectivity index (χ2n) is 6.85. The molecule has 1 saturated heterocycles. The number of likely N-dealkylation sites (tertiary alicyclic amines) is 1. The Morgan fingerprint density at radius 3 is 2.67 bits per heavy atom. The summed E-state index contributed by atoms with van der Waals surface area (Å²) in [6.45, 7) is 6.81. The molecule has 2 atom stereocenters.